The fourth-order valence-electron chi connectivity index (χ4n) is 4.35. The second-order valence-electron chi connectivity index (χ2n) is 8.53. The number of aryl methyl sites for hydroxylation is 1. The molecule has 1 atom stereocenters. The van der Waals surface area contributed by atoms with Crippen LogP contribution in [0.1, 0.15) is 42.5 Å². The molecule has 0 aliphatic carbocycles. The van der Waals surface area contributed by atoms with Crippen molar-refractivity contribution < 1.29 is 15.0 Å². The van der Waals surface area contributed by atoms with Gasteiger partial charge in [0.2, 0.25) is 11.9 Å². The highest BCUT2D eigenvalue weighted by Gasteiger charge is 2.35. The van der Waals surface area contributed by atoms with Crippen molar-refractivity contribution in [1.82, 2.24) is 19.9 Å². The number of aromatic nitrogens is 4. The summed E-state index contributed by atoms with van der Waals surface area (Å²) in [5, 5.41) is 22.2. The number of carbonyl (C=O) groups excluding carboxylic acids is 1. The standard InChI is InChI=1S/C25H29ClN6O3/c1-3-32-23-17(13-28-25(31-23)30-18(6-8-33)7-9-34)10-20(24(32)35)19-5-4-16(11-21(19)26)22-14-27-12-15(2)29-22/h4-5,11-14,18,20,33-34H,3,6-10H2,1-2H3,(H,28,30,31). The molecule has 0 radical (unpaired) electrons. The Morgan fingerprint density at radius 3 is 2.60 bits per heavy atom. The number of likely N-dealkylation sites (N-methyl/N-ethyl adjacent to an activating group) is 1. The number of rotatable bonds is 9. The molecule has 9 nitrogen and oxygen atoms in total. The minimum Gasteiger partial charge on any atom is -0.396 e. The third-order valence-corrected chi connectivity index (χ3v) is 6.44. The molecule has 0 saturated heterocycles. The topological polar surface area (TPSA) is 124 Å². The SMILES string of the molecule is CCN1C(=O)C(c2ccc(-c3cncc(C)n3)cc2Cl)Cc2cnc(NC(CCO)CCO)nc21. The molecule has 3 aromatic rings. The second kappa shape index (κ2) is 11.1. The molecule has 3 N–H and O–H groups in total. The molecule has 1 unspecified atom stereocenters. The van der Waals surface area contributed by atoms with Crippen molar-refractivity contribution in [2.24, 2.45) is 0 Å². The Hall–Kier alpha value is -3.14. The van der Waals surface area contributed by atoms with Crippen LogP contribution in [-0.4, -0.2) is 61.9 Å². The highest BCUT2D eigenvalue weighted by molar-refractivity contribution is 6.32. The average molecular weight is 497 g/mol. The molecule has 4 rings (SSSR count). The van der Waals surface area contributed by atoms with Gasteiger partial charge in [-0.15, -0.1) is 0 Å². The summed E-state index contributed by atoms with van der Waals surface area (Å²) in [5.41, 5.74) is 3.98. The smallest absolute Gasteiger partial charge is 0.236 e. The fourth-order valence-corrected chi connectivity index (χ4v) is 4.66. The summed E-state index contributed by atoms with van der Waals surface area (Å²) in [6, 6.07) is 5.45. The number of aliphatic hydroxyl groups is 2. The zero-order valence-electron chi connectivity index (χ0n) is 19.8. The van der Waals surface area contributed by atoms with Gasteiger partial charge in [-0.2, -0.15) is 4.98 Å². The van der Waals surface area contributed by atoms with Crippen molar-refractivity contribution in [3.8, 4) is 11.3 Å². The third-order valence-electron chi connectivity index (χ3n) is 6.12. The maximum Gasteiger partial charge on any atom is 0.236 e. The van der Waals surface area contributed by atoms with Crippen LogP contribution in [0.25, 0.3) is 11.3 Å². The number of fused-ring (bicyclic) bond motifs is 1. The number of hydrogen-bond acceptors (Lipinski definition) is 8. The van der Waals surface area contributed by atoms with E-state index in [-0.39, 0.29) is 25.2 Å². The number of amides is 1. The predicted octanol–water partition coefficient (Wildman–Crippen LogP) is 3.13. The molecule has 0 fully saturated rings. The van der Waals surface area contributed by atoms with E-state index in [0.717, 1.165) is 28.1 Å². The van der Waals surface area contributed by atoms with Crippen LogP contribution in [0.3, 0.4) is 0 Å². The van der Waals surface area contributed by atoms with Crippen LogP contribution in [0.15, 0.2) is 36.8 Å². The molecule has 3 heterocycles. The number of aliphatic hydroxyl groups excluding tert-OH is 2. The molecule has 35 heavy (non-hydrogen) atoms. The van der Waals surface area contributed by atoms with Gasteiger partial charge in [-0.25, -0.2) is 9.97 Å². The molecule has 0 spiro atoms. The molecular weight excluding hydrogens is 468 g/mol. The van der Waals surface area contributed by atoms with Crippen molar-refractivity contribution in [2.45, 2.75) is 45.1 Å². The molecule has 184 valence electrons. The Kier molecular flexibility index (Phi) is 7.90. The van der Waals surface area contributed by atoms with E-state index in [1.54, 1.807) is 23.5 Å². The Bertz CT molecular complexity index is 1200. The van der Waals surface area contributed by atoms with Crippen LogP contribution in [0.2, 0.25) is 5.02 Å². The lowest BCUT2D eigenvalue weighted by molar-refractivity contribution is -0.120. The lowest BCUT2D eigenvalue weighted by Crippen LogP contribution is -2.41. The van der Waals surface area contributed by atoms with Gasteiger partial charge in [-0.1, -0.05) is 23.7 Å². The summed E-state index contributed by atoms with van der Waals surface area (Å²) in [6.07, 6.45) is 6.47. The quantitative estimate of drug-likeness (QED) is 0.412. The Morgan fingerprint density at radius 2 is 1.94 bits per heavy atom. The number of halogens is 1. The van der Waals surface area contributed by atoms with Gasteiger partial charge in [-0.05, 0) is 44.7 Å². The first kappa shape index (κ1) is 25.0. The summed E-state index contributed by atoms with van der Waals surface area (Å²) in [5.74, 6) is 0.409. The van der Waals surface area contributed by atoms with Gasteiger partial charge >= 0.3 is 0 Å². The number of nitrogens with zero attached hydrogens (tertiary/aromatic N) is 5. The van der Waals surface area contributed by atoms with E-state index in [0.29, 0.717) is 42.6 Å². The van der Waals surface area contributed by atoms with Crippen molar-refractivity contribution in [3.05, 3.63) is 58.6 Å². The minimum atomic E-state index is -0.452. The molecule has 1 aromatic carbocycles. The van der Waals surface area contributed by atoms with E-state index in [4.69, 9.17) is 11.6 Å². The van der Waals surface area contributed by atoms with E-state index < -0.39 is 5.92 Å². The lowest BCUT2D eigenvalue weighted by atomic mass is 9.87. The highest BCUT2D eigenvalue weighted by Crippen LogP contribution is 2.38. The van der Waals surface area contributed by atoms with E-state index in [9.17, 15) is 15.0 Å². The van der Waals surface area contributed by atoms with Crippen molar-refractivity contribution >= 4 is 29.3 Å². The number of benzene rings is 1. The summed E-state index contributed by atoms with van der Waals surface area (Å²) >= 11 is 6.68. The van der Waals surface area contributed by atoms with Gasteiger partial charge in [0.15, 0.2) is 0 Å². The third kappa shape index (κ3) is 5.42. The first-order valence-electron chi connectivity index (χ1n) is 11.7. The summed E-state index contributed by atoms with van der Waals surface area (Å²) in [7, 11) is 0. The molecule has 0 bridgehead atoms. The normalized spacial score (nSPS) is 15.4. The molecule has 1 aliphatic rings. The van der Waals surface area contributed by atoms with E-state index >= 15 is 0 Å². The number of anilines is 2. The maximum absolute atomic E-state index is 13.5. The molecular formula is C25H29ClN6O3. The monoisotopic (exact) mass is 496 g/mol. The number of hydrogen-bond donors (Lipinski definition) is 3. The van der Waals surface area contributed by atoms with Gasteiger partial charge in [0.1, 0.15) is 5.82 Å². The number of nitrogens with one attached hydrogen (secondary N) is 1. The maximum atomic E-state index is 13.5. The Labute approximate surface area is 209 Å². The lowest BCUT2D eigenvalue weighted by Gasteiger charge is -2.33. The zero-order valence-corrected chi connectivity index (χ0v) is 20.5. The van der Waals surface area contributed by atoms with Crippen LogP contribution in [0.4, 0.5) is 11.8 Å². The van der Waals surface area contributed by atoms with Crippen LogP contribution in [0, 0.1) is 6.92 Å². The molecule has 1 aliphatic heterocycles. The highest BCUT2D eigenvalue weighted by atomic mass is 35.5. The van der Waals surface area contributed by atoms with Crippen LogP contribution < -0.4 is 10.2 Å². The summed E-state index contributed by atoms with van der Waals surface area (Å²) < 4.78 is 0. The molecule has 1 amide bonds. The van der Waals surface area contributed by atoms with Crippen LogP contribution in [0.5, 0.6) is 0 Å². The minimum absolute atomic E-state index is 0.0140. The van der Waals surface area contributed by atoms with E-state index in [2.05, 4.69) is 25.3 Å². The van der Waals surface area contributed by atoms with Crippen molar-refractivity contribution in [1.29, 1.82) is 0 Å². The van der Waals surface area contributed by atoms with Gasteiger partial charge in [0.25, 0.3) is 0 Å². The van der Waals surface area contributed by atoms with Crippen molar-refractivity contribution in [3.63, 3.8) is 0 Å². The zero-order chi connectivity index (χ0) is 24.9. The van der Waals surface area contributed by atoms with Crippen LogP contribution in [-0.2, 0) is 11.2 Å². The molecule has 0 saturated carbocycles. The average Bonchev–Trinajstić information content (AvgIpc) is 2.84. The Morgan fingerprint density at radius 1 is 1.17 bits per heavy atom. The first-order chi connectivity index (χ1) is 16.9. The van der Waals surface area contributed by atoms with E-state index in [1.165, 1.54) is 0 Å². The Balaban J connectivity index is 1.62. The summed E-state index contributed by atoms with van der Waals surface area (Å²) in [4.78, 5) is 32.9. The van der Waals surface area contributed by atoms with Crippen LogP contribution >= 0.6 is 11.6 Å². The largest absolute Gasteiger partial charge is 0.396 e. The molecule has 10 heteroatoms. The van der Waals surface area contributed by atoms with Crippen molar-refractivity contribution in [2.75, 3.05) is 30.0 Å². The number of carbonyl (C=O) groups is 1. The summed E-state index contributed by atoms with van der Waals surface area (Å²) in [6.45, 7) is 4.21. The predicted molar refractivity (Wildman–Crippen MR) is 135 cm³/mol. The van der Waals surface area contributed by atoms with E-state index in [1.807, 2.05) is 32.0 Å². The second-order valence-corrected chi connectivity index (χ2v) is 8.94. The van der Waals surface area contributed by atoms with Gasteiger partial charge in [0.05, 0.1) is 23.5 Å². The molecule has 2 aromatic heterocycles. The first-order valence-corrected chi connectivity index (χ1v) is 12.1. The van der Waals surface area contributed by atoms with Gasteiger partial charge in [0, 0.05) is 54.3 Å². The van der Waals surface area contributed by atoms with Gasteiger partial charge in [-0.3, -0.25) is 14.7 Å². The fraction of sp³-hybridized carbons (Fsp3) is 0.400. The van der Waals surface area contributed by atoms with Gasteiger partial charge < -0.3 is 15.5 Å².